The van der Waals surface area contributed by atoms with E-state index in [0.29, 0.717) is 63.7 Å². The number of fused-ring (bicyclic) bond motifs is 1. The Morgan fingerprint density at radius 1 is 0.616 bits per heavy atom. The zero-order valence-corrected chi connectivity index (χ0v) is 41.4. The predicted molar refractivity (Wildman–Crippen MR) is 262 cm³/mol. The van der Waals surface area contributed by atoms with Gasteiger partial charge >= 0.3 is 24.0 Å². The number of aromatic hydroxyl groups is 1. The number of hydrogen-bond donors (Lipinski definition) is 5. The van der Waals surface area contributed by atoms with Crippen molar-refractivity contribution < 1.29 is 72.9 Å². The third kappa shape index (κ3) is 16.5. The standard InChI is InChI=1S/C24H26N4O5.C17H22N2O6.C9H16N2O4/c1-15-11-18-17(14-25-23(26-18)16-5-3-4-6-20(16)29)19(12-15)27-7-9-28(10-8-27)24(32)21(30)13-22(31)33-2;1-24-15(21)11-14(20)16(22)18-7-9-19(10-8-18)17(23)25-12-13-5-3-2-4-6-13;1-15-8(13)6-7(12)9(14)11-4-2-10-3-5-11/h3-6,11-12,14,21,29-30H,7-10,13H2,1-2H3;2-6,14,20H,7-12H2,1H3;7,10,12H,2-6H2,1H3/t21-;14-;7-/m111/s1. The van der Waals surface area contributed by atoms with Crippen LogP contribution >= 0.6 is 0 Å². The quantitative estimate of drug-likeness (QED) is 0.0906. The second kappa shape index (κ2) is 28.0. The molecule has 3 aromatic carbocycles. The molecule has 4 aromatic rings. The zero-order valence-electron chi connectivity index (χ0n) is 41.4. The van der Waals surface area contributed by atoms with E-state index in [4.69, 9.17) is 4.74 Å². The maximum absolute atomic E-state index is 12.5. The average Bonchev–Trinajstić information content (AvgIpc) is 3.42. The Kier molecular flexibility index (Phi) is 21.6. The fourth-order valence-electron chi connectivity index (χ4n) is 7.90. The highest BCUT2D eigenvalue weighted by molar-refractivity contribution is 5.93. The molecular weight excluding hydrogens is 953 g/mol. The molecule has 3 aliphatic rings. The first-order valence-corrected chi connectivity index (χ1v) is 23.6. The van der Waals surface area contributed by atoms with Gasteiger partial charge in [0.15, 0.2) is 5.82 Å². The summed E-state index contributed by atoms with van der Waals surface area (Å²) in [6.45, 7) is 7.90. The van der Waals surface area contributed by atoms with Crippen molar-refractivity contribution in [3.63, 3.8) is 0 Å². The van der Waals surface area contributed by atoms with Crippen molar-refractivity contribution >= 4 is 58.3 Å². The highest BCUT2D eigenvalue weighted by Crippen LogP contribution is 2.32. The Hall–Kier alpha value is -7.47. The number of carbonyl (C=O) groups excluding carboxylic acids is 7. The SMILES string of the molecule is COC(=O)C[C@@H](O)C(=O)N1CCN(C(=O)OCc2ccccc2)CC1.COC(=O)C[C@@H](O)C(=O)N1CCN(c2cc(C)cc3nc(-c4ccccc4O)ncc23)CC1.COC(=O)C[C@@H](O)C(=O)N1CCNCC1. The van der Waals surface area contributed by atoms with Crippen molar-refractivity contribution in [3.05, 3.63) is 84.1 Å². The van der Waals surface area contributed by atoms with Crippen LogP contribution in [-0.2, 0) is 54.3 Å². The minimum atomic E-state index is -1.43. The molecular formula is C50H64N8O15. The summed E-state index contributed by atoms with van der Waals surface area (Å²) in [6.07, 6.45) is -3.80. The van der Waals surface area contributed by atoms with Gasteiger partial charge in [-0.1, -0.05) is 42.5 Å². The number of benzene rings is 3. The van der Waals surface area contributed by atoms with Gasteiger partial charge in [0, 0.05) is 95.8 Å². The summed E-state index contributed by atoms with van der Waals surface area (Å²) in [5, 5.41) is 43.4. The first kappa shape index (κ1) is 56.4. The van der Waals surface area contributed by atoms with E-state index in [1.165, 1.54) is 31.1 Å². The fraction of sp³-hybridized carbons (Fsp3) is 0.460. The lowest BCUT2D eigenvalue weighted by Gasteiger charge is -2.37. The molecule has 7 rings (SSSR count). The zero-order chi connectivity index (χ0) is 53.0. The molecule has 0 spiro atoms. The number of amides is 4. The van der Waals surface area contributed by atoms with Gasteiger partial charge in [0.1, 0.15) is 30.7 Å². The molecule has 0 saturated carbocycles. The molecule has 0 unspecified atom stereocenters. The fourth-order valence-corrected chi connectivity index (χ4v) is 7.90. The number of piperazine rings is 3. The molecule has 23 nitrogen and oxygen atoms in total. The van der Waals surface area contributed by atoms with Gasteiger partial charge in [-0.3, -0.25) is 28.8 Å². The Balaban J connectivity index is 0.000000218. The molecule has 4 heterocycles. The maximum atomic E-state index is 12.5. The number of hydrogen-bond acceptors (Lipinski definition) is 19. The summed E-state index contributed by atoms with van der Waals surface area (Å²) in [6, 6.07) is 20.4. The van der Waals surface area contributed by atoms with Gasteiger partial charge in [0.05, 0.1) is 51.7 Å². The predicted octanol–water partition coefficient (Wildman–Crippen LogP) is 0.617. The Morgan fingerprint density at radius 3 is 1.59 bits per heavy atom. The Bertz CT molecular complexity index is 2510. The average molecular weight is 1020 g/mol. The minimum absolute atomic E-state index is 0.125. The highest BCUT2D eigenvalue weighted by atomic mass is 16.6. The summed E-state index contributed by atoms with van der Waals surface area (Å²) in [5.41, 5.74) is 4.24. The number of carbonyl (C=O) groups is 7. The van der Waals surface area contributed by atoms with Gasteiger partial charge in [-0.05, 0) is 42.3 Å². The summed E-state index contributed by atoms with van der Waals surface area (Å²) in [4.78, 5) is 98.9. The van der Waals surface area contributed by atoms with Crippen molar-refractivity contribution in [2.45, 2.75) is 51.1 Å². The van der Waals surface area contributed by atoms with Gasteiger partial charge in [-0.2, -0.15) is 0 Å². The number of ether oxygens (including phenoxy) is 4. The van der Waals surface area contributed by atoms with Crippen molar-refractivity contribution in [1.29, 1.82) is 0 Å². The van der Waals surface area contributed by atoms with Crippen molar-refractivity contribution in [1.82, 2.24) is 34.9 Å². The van der Waals surface area contributed by atoms with Gasteiger partial charge in [-0.25, -0.2) is 14.8 Å². The van der Waals surface area contributed by atoms with Crippen LogP contribution in [0.3, 0.4) is 0 Å². The molecule has 0 radical (unpaired) electrons. The van der Waals surface area contributed by atoms with Crippen LogP contribution in [0.25, 0.3) is 22.3 Å². The number of phenolic OH excluding ortho intramolecular Hbond substituents is 1. The van der Waals surface area contributed by atoms with Crippen LogP contribution in [0.4, 0.5) is 10.5 Å². The van der Waals surface area contributed by atoms with Crippen LogP contribution in [-0.4, -0.2) is 210 Å². The number of esters is 3. The summed E-state index contributed by atoms with van der Waals surface area (Å²) in [7, 11) is 3.64. The van der Waals surface area contributed by atoms with Gasteiger partial charge in [-0.15, -0.1) is 0 Å². The van der Waals surface area contributed by atoms with Crippen LogP contribution < -0.4 is 10.2 Å². The second-order valence-electron chi connectivity index (χ2n) is 17.1. The number of methoxy groups -OCH3 is 3. The molecule has 23 heteroatoms. The molecule has 3 fully saturated rings. The molecule has 0 aliphatic carbocycles. The van der Waals surface area contributed by atoms with E-state index in [-0.39, 0.29) is 44.7 Å². The Labute approximate surface area is 422 Å². The summed E-state index contributed by atoms with van der Waals surface area (Å²) >= 11 is 0. The molecule has 5 N–H and O–H groups in total. The van der Waals surface area contributed by atoms with E-state index in [1.54, 1.807) is 34.2 Å². The van der Waals surface area contributed by atoms with E-state index in [1.807, 2.05) is 49.4 Å². The smallest absolute Gasteiger partial charge is 0.410 e. The number of anilines is 1. The summed E-state index contributed by atoms with van der Waals surface area (Å²) in [5.74, 6) is -2.68. The van der Waals surface area contributed by atoms with Crippen molar-refractivity contribution in [2.75, 3.05) is 105 Å². The minimum Gasteiger partial charge on any atom is -0.507 e. The van der Waals surface area contributed by atoms with Crippen LogP contribution in [0.2, 0.25) is 0 Å². The van der Waals surface area contributed by atoms with Gasteiger partial charge in [0.2, 0.25) is 0 Å². The van der Waals surface area contributed by atoms with Gasteiger partial charge < -0.3 is 69.2 Å². The van der Waals surface area contributed by atoms with Crippen molar-refractivity contribution in [2.24, 2.45) is 0 Å². The van der Waals surface area contributed by atoms with Crippen LogP contribution in [0.15, 0.2) is 72.9 Å². The van der Waals surface area contributed by atoms with Crippen LogP contribution in [0.1, 0.15) is 30.4 Å². The van der Waals surface area contributed by atoms with E-state index in [9.17, 15) is 54.0 Å². The molecule has 0 bridgehead atoms. The third-order valence-corrected chi connectivity index (χ3v) is 12.0. The highest BCUT2D eigenvalue weighted by Gasteiger charge is 2.31. The summed E-state index contributed by atoms with van der Waals surface area (Å²) < 4.78 is 18.6. The van der Waals surface area contributed by atoms with Gasteiger partial charge in [0.25, 0.3) is 17.7 Å². The molecule has 73 heavy (non-hydrogen) atoms. The molecule has 3 saturated heterocycles. The first-order valence-electron chi connectivity index (χ1n) is 23.6. The lowest BCUT2D eigenvalue weighted by Crippen LogP contribution is -2.53. The number of nitrogens with zero attached hydrogens (tertiary/aromatic N) is 7. The topological polar surface area (TPSA) is 291 Å². The van der Waals surface area contributed by atoms with E-state index < -0.39 is 60.0 Å². The molecule has 1 aromatic heterocycles. The molecule has 394 valence electrons. The number of rotatable bonds is 13. The second-order valence-corrected chi connectivity index (χ2v) is 17.1. The number of aliphatic hydroxyl groups excluding tert-OH is 3. The third-order valence-electron chi connectivity index (χ3n) is 12.0. The molecule has 4 amide bonds. The lowest BCUT2D eigenvalue weighted by atomic mass is 10.1. The normalized spacial score (nSPS) is 15.8. The molecule has 3 atom stereocenters. The largest absolute Gasteiger partial charge is 0.507 e. The number of aliphatic hydroxyl groups is 3. The number of phenols is 1. The van der Waals surface area contributed by atoms with Crippen LogP contribution in [0.5, 0.6) is 5.75 Å². The molecule has 3 aliphatic heterocycles. The number of aromatic nitrogens is 2. The van der Waals surface area contributed by atoms with E-state index >= 15 is 0 Å². The number of para-hydroxylation sites is 1. The Morgan fingerprint density at radius 2 is 1.08 bits per heavy atom. The number of nitrogens with one attached hydrogen (secondary N) is 1. The first-order chi connectivity index (χ1) is 35.0. The van der Waals surface area contributed by atoms with Crippen LogP contribution in [0, 0.1) is 6.92 Å². The van der Waals surface area contributed by atoms with E-state index in [2.05, 4.69) is 40.5 Å². The number of aryl methyl sites for hydroxylation is 1. The maximum Gasteiger partial charge on any atom is 0.410 e. The monoisotopic (exact) mass is 1020 g/mol. The van der Waals surface area contributed by atoms with Crippen molar-refractivity contribution in [3.8, 4) is 17.1 Å². The lowest BCUT2D eigenvalue weighted by molar-refractivity contribution is -0.151. The van der Waals surface area contributed by atoms with E-state index in [0.717, 1.165) is 40.8 Å².